The van der Waals surface area contributed by atoms with Gasteiger partial charge >= 0.3 is 23.9 Å². The summed E-state index contributed by atoms with van der Waals surface area (Å²) in [6.45, 7) is 7.94. The lowest BCUT2D eigenvalue weighted by molar-refractivity contribution is -0.170. The van der Waals surface area contributed by atoms with Gasteiger partial charge in [0.1, 0.15) is 0 Å². The Labute approximate surface area is 133 Å². The third-order valence-corrected chi connectivity index (χ3v) is 4.89. The number of carboxylic acid groups (broad SMARTS) is 2. The van der Waals surface area contributed by atoms with Gasteiger partial charge in [-0.25, -0.2) is 9.59 Å². The van der Waals surface area contributed by atoms with E-state index in [2.05, 4.69) is 4.74 Å². The van der Waals surface area contributed by atoms with Crippen molar-refractivity contribution in [1.29, 1.82) is 0 Å². The maximum Gasteiger partial charge on any atom is 0.348 e. The van der Waals surface area contributed by atoms with Crippen molar-refractivity contribution < 1.29 is 38.9 Å². The van der Waals surface area contributed by atoms with Crippen LogP contribution in [0.2, 0.25) is 0 Å². The average molecular weight is 330 g/mol. The van der Waals surface area contributed by atoms with Gasteiger partial charge < -0.3 is 19.7 Å². The summed E-state index contributed by atoms with van der Waals surface area (Å²) in [4.78, 5) is 43.1. The number of carbonyl (C=O) groups excluding carboxylic acids is 2. The first-order chi connectivity index (χ1) is 10.4. The summed E-state index contributed by atoms with van der Waals surface area (Å²) in [5.74, 6) is -3.85. The van der Waals surface area contributed by atoms with Crippen molar-refractivity contribution in [3.05, 3.63) is 0 Å². The van der Waals surface area contributed by atoms with Crippen LogP contribution in [0.5, 0.6) is 0 Å². The molecule has 8 heteroatoms. The van der Waals surface area contributed by atoms with Crippen molar-refractivity contribution in [1.82, 2.24) is 0 Å². The molecule has 0 aromatic carbocycles. The van der Waals surface area contributed by atoms with Gasteiger partial charge in [0.25, 0.3) is 0 Å². The first kappa shape index (κ1) is 18.9. The first-order valence-corrected chi connectivity index (χ1v) is 7.27. The highest BCUT2D eigenvalue weighted by atomic mass is 16.6. The zero-order valence-corrected chi connectivity index (χ0v) is 13.8. The summed E-state index contributed by atoms with van der Waals surface area (Å²) in [7, 11) is 0. The predicted molar refractivity (Wildman–Crippen MR) is 76.4 cm³/mol. The van der Waals surface area contributed by atoms with Gasteiger partial charge in [-0.2, -0.15) is 0 Å². The maximum atomic E-state index is 11.0. The van der Waals surface area contributed by atoms with Gasteiger partial charge in [-0.05, 0) is 13.8 Å². The SMILES string of the molecule is CC1C(=O)OC(C)(C(=O)O)C1C.CC1CC(=O)OC1(C)C(=O)O. The van der Waals surface area contributed by atoms with Crippen molar-refractivity contribution in [3.8, 4) is 0 Å². The number of cyclic esters (lactones) is 2. The molecule has 5 atom stereocenters. The molecule has 2 rings (SSSR count). The molecule has 2 N–H and O–H groups in total. The lowest BCUT2D eigenvalue weighted by Crippen LogP contribution is -2.40. The van der Waals surface area contributed by atoms with Crippen LogP contribution >= 0.6 is 0 Å². The van der Waals surface area contributed by atoms with E-state index in [0.29, 0.717) is 0 Å². The molecule has 5 unspecified atom stereocenters. The summed E-state index contributed by atoms with van der Waals surface area (Å²) in [5, 5.41) is 17.5. The van der Waals surface area contributed by atoms with Crippen molar-refractivity contribution >= 4 is 23.9 Å². The Bertz CT molecular complexity index is 540. The number of hydrogen-bond acceptors (Lipinski definition) is 6. The normalized spacial score (nSPS) is 39.1. The Kier molecular flexibility index (Phi) is 5.08. The van der Waals surface area contributed by atoms with E-state index in [1.165, 1.54) is 13.8 Å². The quantitative estimate of drug-likeness (QED) is 0.720. The van der Waals surface area contributed by atoms with Gasteiger partial charge in [-0.3, -0.25) is 9.59 Å². The number of aliphatic carboxylic acids is 2. The molecule has 2 fully saturated rings. The Hall–Kier alpha value is -2.12. The number of carbonyl (C=O) groups is 4. The van der Waals surface area contributed by atoms with Crippen LogP contribution in [0.4, 0.5) is 0 Å². The van der Waals surface area contributed by atoms with Crippen LogP contribution in [0.3, 0.4) is 0 Å². The van der Waals surface area contributed by atoms with E-state index in [4.69, 9.17) is 14.9 Å². The molecule has 2 aliphatic heterocycles. The van der Waals surface area contributed by atoms with E-state index in [9.17, 15) is 19.2 Å². The molecule has 0 aromatic heterocycles. The summed E-state index contributed by atoms with van der Waals surface area (Å²) in [5.41, 5.74) is -2.65. The standard InChI is InChI=1S/C8H12O4.C7H10O4/c1-4-5(2)8(3,7(10)11)12-6(4)9;1-4-3-5(8)11-7(4,2)6(9)10/h4-5H,1-3H3,(H,10,11);4H,3H2,1-2H3,(H,9,10). The maximum absolute atomic E-state index is 11.0. The largest absolute Gasteiger partial charge is 0.478 e. The van der Waals surface area contributed by atoms with Crippen molar-refractivity contribution in [3.63, 3.8) is 0 Å². The fraction of sp³-hybridized carbons (Fsp3) is 0.733. The summed E-state index contributed by atoms with van der Waals surface area (Å²) >= 11 is 0. The number of carboxylic acids is 2. The van der Waals surface area contributed by atoms with E-state index in [0.717, 1.165) is 0 Å². The Morgan fingerprint density at radius 1 is 1.00 bits per heavy atom. The van der Waals surface area contributed by atoms with Crippen LogP contribution in [-0.2, 0) is 28.7 Å². The minimum Gasteiger partial charge on any atom is -0.478 e. The van der Waals surface area contributed by atoms with Crippen LogP contribution in [0, 0.1) is 17.8 Å². The number of esters is 2. The van der Waals surface area contributed by atoms with Gasteiger partial charge in [-0.1, -0.05) is 20.8 Å². The summed E-state index contributed by atoms with van der Waals surface area (Å²) < 4.78 is 9.48. The van der Waals surface area contributed by atoms with Crippen LogP contribution < -0.4 is 0 Å². The molecule has 2 saturated heterocycles. The Morgan fingerprint density at radius 3 is 1.65 bits per heavy atom. The average Bonchev–Trinajstić information content (AvgIpc) is 2.81. The van der Waals surface area contributed by atoms with Gasteiger partial charge in [0.2, 0.25) is 11.2 Å². The molecule has 0 radical (unpaired) electrons. The second kappa shape index (κ2) is 6.17. The predicted octanol–water partition coefficient (Wildman–Crippen LogP) is 1.07. The number of rotatable bonds is 2. The highest BCUT2D eigenvalue weighted by Crippen LogP contribution is 2.36. The molecule has 0 spiro atoms. The van der Waals surface area contributed by atoms with Crippen molar-refractivity contribution in [2.75, 3.05) is 0 Å². The third-order valence-electron chi connectivity index (χ3n) is 4.89. The molecule has 2 heterocycles. The molecule has 0 amide bonds. The smallest absolute Gasteiger partial charge is 0.348 e. The van der Waals surface area contributed by atoms with E-state index in [1.54, 1.807) is 20.8 Å². The lowest BCUT2D eigenvalue weighted by atomic mass is 9.85. The molecular weight excluding hydrogens is 308 g/mol. The fourth-order valence-corrected chi connectivity index (χ4v) is 2.39. The zero-order valence-electron chi connectivity index (χ0n) is 13.8. The third kappa shape index (κ3) is 3.30. The lowest BCUT2D eigenvalue weighted by Gasteiger charge is -2.22. The number of hydrogen-bond donors (Lipinski definition) is 2. The molecule has 0 aromatic rings. The molecule has 0 aliphatic carbocycles. The number of ether oxygens (including phenoxy) is 2. The highest BCUT2D eigenvalue weighted by molar-refractivity contribution is 5.87. The molecule has 2 aliphatic rings. The first-order valence-electron chi connectivity index (χ1n) is 7.27. The zero-order chi connectivity index (χ0) is 18.2. The fourth-order valence-electron chi connectivity index (χ4n) is 2.39. The Morgan fingerprint density at radius 2 is 1.48 bits per heavy atom. The molecular formula is C15H22O8. The van der Waals surface area contributed by atoms with Crippen molar-refractivity contribution in [2.45, 2.75) is 52.2 Å². The monoisotopic (exact) mass is 330 g/mol. The second-order valence-electron chi connectivity index (χ2n) is 6.40. The molecule has 0 saturated carbocycles. The Balaban J connectivity index is 0.000000231. The molecule has 23 heavy (non-hydrogen) atoms. The second-order valence-corrected chi connectivity index (χ2v) is 6.40. The van der Waals surface area contributed by atoms with Gasteiger partial charge in [-0.15, -0.1) is 0 Å². The molecule has 8 nitrogen and oxygen atoms in total. The van der Waals surface area contributed by atoms with E-state index in [-0.39, 0.29) is 24.2 Å². The molecule has 130 valence electrons. The van der Waals surface area contributed by atoms with Gasteiger partial charge in [0.15, 0.2) is 0 Å². The minimum atomic E-state index is -1.34. The van der Waals surface area contributed by atoms with Gasteiger partial charge in [0.05, 0.1) is 12.3 Å². The van der Waals surface area contributed by atoms with E-state index in [1.807, 2.05) is 0 Å². The van der Waals surface area contributed by atoms with Crippen LogP contribution in [0.15, 0.2) is 0 Å². The molecule has 0 bridgehead atoms. The van der Waals surface area contributed by atoms with Crippen molar-refractivity contribution in [2.24, 2.45) is 17.8 Å². The van der Waals surface area contributed by atoms with E-state index >= 15 is 0 Å². The summed E-state index contributed by atoms with van der Waals surface area (Å²) in [6, 6.07) is 0. The van der Waals surface area contributed by atoms with Crippen LogP contribution in [-0.4, -0.2) is 45.3 Å². The topological polar surface area (TPSA) is 127 Å². The highest BCUT2D eigenvalue weighted by Gasteiger charge is 2.53. The van der Waals surface area contributed by atoms with Gasteiger partial charge in [0, 0.05) is 11.8 Å². The summed E-state index contributed by atoms with van der Waals surface area (Å²) in [6.07, 6.45) is 0.197. The van der Waals surface area contributed by atoms with Crippen LogP contribution in [0.25, 0.3) is 0 Å². The van der Waals surface area contributed by atoms with Crippen LogP contribution in [0.1, 0.15) is 41.0 Å². The van der Waals surface area contributed by atoms with E-state index < -0.39 is 35.1 Å². The minimum absolute atomic E-state index is 0.197.